The van der Waals surface area contributed by atoms with Crippen LogP contribution in [0.2, 0.25) is 0 Å². The Morgan fingerprint density at radius 2 is 2.35 bits per heavy atom. The van der Waals surface area contributed by atoms with Gasteiger partial charge in [-0.1, -0.05) is 5.16 Å². The summed E-state index contributed by atoms with van der Waals surface area (Å²) >= 11 is 0. The number of carbonyl (C=O) groups is 1. The average molecular weight is 239 g/mol. The standard InChI is InChI=1S/C10H17N5O2/c1-7-12-10(17-13-7)15-5-4-11-6-8(15)9(16)14(2)3/h8,11H,4-6H2,1-3H3. The van der Waals surface area contributed by atoms with Crippen LogP contribution in [0.1, 0.15) is 5.82 Å². The van der Waals surface area contributed by atoms with Crippen LogP contribution < -0.4 is 10.2 Å². The summed E-state index contributed by atoms with van der Waals surface area (Å²) in [5.41, 5.74) is 0. The largest absolute Gasteiger partial charge is 0.347 e. The lowest BCUT2D eigenvalue weighted by Gasteiger charge is -2.34. The minimum Gasteiger partial charge on any atom is -0.347 e. The van der Waals surface area contributed by atoms with Crippen molar-refractivity contribution in [1.29, 1.82) is 0 Å². The minimum atomic E-state index is -0.279. The van der Waals surface area contributed by atoms with E-state index in [1.165, 1.54) is 0 Å². The second-order valence-electron chi connectivity index (χ2n) is 4.27. The van der Waals surface area contributed by atoms with E-state index < -0.39 is 0 Å². The van der Waals surface area contributed by atoms with Gasteiger partial charge < -0.3 is 19.6 Å². The predicted octanol–water partition coefficient (Wildman–Crippen LogP) is -0.756. The normalized spacial score (nSPS) is 20.4. The lowest BCUT2D eigenvalue weighted by molar-refractivity contribution is -0.130. The van der Waals surface area contributed by atoms with E-state index in [-0.39, 0.29) is 11.9 Å². The van der Waals surface area contributed by atoms with E-state index in [4.69, 9.17) is 4.52 Å². The molecule has 2 rings (SSSR count). The topological polar surface area (TPSA) is 74.5 Å². The zero-order valence-corrected chi connectivity index (χ0v) is 10.3. The molecule has 1 aromatic heterocycles. The summed E-state index contributed by atoms with van der Waals surface area (Å²) in [7, 11) is 3.49. The van der Waals surface area contributed by atoms with Crippen LogP contribution >= 0.6 is 0 Å². The van der Waals surface area contributed by atoms with Gasteiger partial charge in [0.2, 0.25) is 5.91 Å². The van der Waals surface area contributed by atoms with Crippen molar-refractivity contribution in [1.82, 2.24) is 20.4 Å². The number of nitrogens with one attached hydrogen (secondary N) is 1. The summed E-state index contributed by atoms with van der Waals surface area (Å²) in [6.07, 6.45) is 0. The van der Waals surface area contributed by atoms with Crippen LogP contribution in [0.4, 0.5) is 6.01 Å². The van der Waals surface area contributed by atoms with Gasteiger partial charge in [0.05, 0.1) is 0 Å². The van der Waals surface area contributed by atoms with E-state index >= 15 is 0 Å². The number of rotatable bonds is 2. The molecule has 0 bridgehead atoms. The molecular weight excluding hydrogens is 222 g/mol. The Hall–Kier alpha value is -1.63. The second-order valence-corrected chi connectivity index (χ2v) is 4.27. The molecule has 1 saturated heterocycles. The number of carbonyl (C=O) groups excluding carboxylic acids is 1. The molecule has 0 spiro atoms. The molecule has 1 aliphatic rings. The van der Waals surface area contributed by atoms with Crippen molar-refractivity contribution in [3.05, 3.63) is 5.82 Å². The molecule has 0 aliphatic carbocycles. The van der Waals surface area contributed by atoms with Crippen LogP contribution in [0.15, 0.2) is 4.52 Å². The smallest absolute Gasteiger partial charge is 0.324 e. The number of aromatic nitrogens is 2. The number of likely N-dealkylation sites (N-methyl/N-ethyl adjacent to an activating group) is 1. The zero-order valence-electron chi connectivity index (χ0n) is 10.3. The molecule has 1 aliphatic heterocycles. The Bertz CT molecular complexity index is 403. The molecule has 0 aromatic carbocycles. The second kappa shape index (κ2) is 4.70. The third-order valence-electron chi connectivity index (χ3n) is 2.73. The Morgan fingerprint density at radius 1 is 1.59 bits per heavy atom. The van der Waals surface area contributed by atoms with Crippen molar-refractivity contribution in [2.24, 2.45) is 0 Å². The number of hydrogen-bond acceptors (Lipinski definition) is 6. The first-order chi connectivity index (χ1) is 8.09. The molecule has 2 heterocycles. The summed E-state index contributed by atoms with van der Waals surface area (Å²) < 4.78 is 5.13. The van der Waals surface area contributed by atoms with Gasteiger partial charge in [-0.15, -0.1) is 0 Å². The molecule has 0 radical (unpaired) electrons. The summed E-state index contributed by atoms with van der Waals surface area (Å²) in [5.74, 6) is 0.614. The molecule has 1 N–H and O–H groups in total. The highest BCUT2D eigenvalue weighted by Crippen LogP contribution is 2.16. The molecule has 1 atom stereocenters. The van der Waals surface area contributed by atoms with E-state index in [0.29, 0.717) is 24.9 Å². The molecule has 94 valence electrons. The maximum atomic E-state index is 12.0. The molecular formula is C10H17N5O2. The van der Waals surface area contributed by atoms with Crippen LogP contribution in [0.3, 0.4) is 0 Å². The van der Waals surface area contributed by atoms with Gasteiger partial charge in [0.15, 0.2) is 5.82 Å². The van der Waals surface area contributed by atoms with E-state index in [9.17, 15) is 4.79 Å². The number of amides is 1. The molecule has 1 aromatic rings. The van der Waals surface area contributed by atoms with Crippen molar-refractivity contribution in [3.63, 3.8) is 0 Å². The van der Waals surface area contributed by atoms with Crippen molar-refractivity contribution in [3.8, 4) is 0 Å². The van der Waals surface area contributed by atoms with Crippen LogP contribution in [0.5, 0.6) is 0 Å². The quantitative estimate of drug-likeness (QED) is 0.731. The van der Waals surface area contributed by atoms with E-state index in [1.807, 2.05) is 4.90 Å². The number of nitrogens with zero attached hydrogens (tertiary/aromatic N) is 4. The van der Waals surface area contributed by atoms with Gasteiger partial charge in [-0.05, 0) is 6.92 Å². The van der Waals surface area contributed by atoms with Crippen LogP contribution in [-0.4, -0.2) is 60.7 Å². The highest BCUT2D eigenvalue weighted by atomic mass is 16.5. The maximum absolute atomic E-state index is 12.0. The van der Waals surface area contributed by atoms with Crippen LogP contribution in [0, 0.1) is 6.92 Å². The van der Waals surface area contributed by atoms with Gasteiger partial charge in [0, 0.05) is 33.7 Å². The van der Waals surface area contributed by atoms with Gasteiger partial charge in [0.1, 0.15) is 6.04 Å². The monoisotopic (exact) mass is 239 g/mol. The lowest BCUT2D eigenvalue weighted by Crippen LogP contribution is -2.58. The lowest BCUT2D eigenvalue weighted by atomic mass is 10.2. The highest BCUT2D eigenvalue weighted by molar-refractivity contribution is 5.84. The first-order valence-corrected chi connectivity index (χ1v) is 5.58. The summed E-state index contributed by atoms with van der Waals surface area (Å²) in [4.78, 5) is 19.7. The molecule has 17 heavy (non-hydrogen) atoms. The van der Waals surface area contributed by atoms with Gasteiger partial charge in [-0.3, -0.25) is 4.79 Å². The van der Waals surface area contributed by atoms with Gasteiger partial charge in [-0.25, -0.2) is 0 Å². The maximum Gasteiger partial charge on any atom is 0.324 e. The van der Waals surface area contributed by atoms with Crippen molar-refractivity contribution in [2.75, 3.05) is 38.6 Å². The van der Waals surface area contributed by atoms with E-state index in [2.05, 4.69) is 15.5 Å². The fraction of sp³-hybridized carbons (Fsp3) is 0.700. The average Bonchev–Trinajstić information content (AvgIpc) is 2.74. The minimum absolute atomic E-state index is 0.0352. The van der Waals surface area contributed by atoms with E-state index in [1.54, 1.807) is 25.9 Å². The fourth-order valence-electron chi connectivity index (χ4n) is 1.85. The van der Waals surface area contributed by atoms with Gasteiger partial charge in [-0.2, -0.15) is 4.98 Å². The number of anilines is 1. The summed E-state index contributed by atoms with van der Waals surface area (Å²) in [6, 6.07) is 0.141. The Morgan fingerprint density at radius 3 is 2.94 bits per heavy atom. The summed E-state index contributed by atoms with van der Waals surface area (Å²) in [5, 5.41) is 6.96. The van der Waals surface area contributed by atoms with Crippen LogP contribution in [0.25, 0.3) is 0 Å². The van der Waals surface area contributed by atoms with E-state index in [0.717, 1.165) is 6.54 Å². The fourth-order valence-corrected chi connectivity index (χ4v) is 1.85. The van der Waals surface area contributed by atoms with Gasteiger partial charge >= 0.3 is 6.01 Å². The molecule has 0 saturated carbocycles. The first-order valence-electron chi connectivity index (χ1n) is 5.58. The molecule has 1 amide bonds. The summed E-state index contributed by atoms with van der Waals surface area (Å²) in [6.45, 7) is 3.85. The SMILES string of the molecule is Cc1noc(N2CCNCC2C(=O)N(C)C)n1. The van der Waals surface area contributed by atoms with Crippen LogP contribution in [-0.2, 0) is 4.79 Å². The van der Waals surface area contributed by atoms with Crippen molar-refractivity contribution >= 4 is 11.9 Å². The number of aryl methyl sites for hydroxylation is 1. The Labute approximate surface area is 99.8 Å². The molecule has 1 unspecified atom stereocenters. The zero-order chi connectivity index (χ0) is 12.4. The van der Waals surface area contributed by atoms with Crippen molar-refractivity contribution < 1.29 is 9.32 Å². The molecule has 7 nitrogen and oxygen atoms in total. The highest BCUT2D eigenvalue weighted by Gasteiger charge is 2.32. The number of hydrogen-bond donors (Lipinski definition) is 1. The Kier molecular flexibility index (Phi) is 3.28. The number of piperazine rings is 1. The Balaban J connectivity index is 2.20. The molecule has 1 fully saturated rings. The first kappa shape index (κ1) is 11.8. The van der Waals surface area contributed by atoms with Crippen molar-refractivity contribution in [2.45, 2.75) is 13.0 Å². The third kappa shape index (κ3) is 2.38. The van der Waals surface area contributed by atoms with Gasteiger partial charge in [0.25, 0.3) is 0 Å². The third-order valence-corrected chi connectivity index (χ3v) is 2.73. The molecule has 7 heteroatoms. The predicted molar refractivity (Wildman–Crippen MR) is 61.7 cm³/mol.